The largest absolute Gasteiger partial charge is 0.294 e. The Bertz CT molecular complexity index is 283. The molecule has 1 rings (SSSR count). The zero-order chi connectivity index (χ0) is 9.84. The first-order chi connectivity index (χ1) is 6.15. The van der Waals surface area contributed by atoms with Crippen LogP contribution in [-0.2, 0) is 9.59 Å². The molecule has 1 fully saturated rings. The fourth-order valence-corrected chi connectivity index (χ4v) is 1.13. The molecule has 7 heteroatoms. The normalized spacial score (nSPS) is 23.6. The molecule has 1 aliphatic rings. The van der Waals surface area contributed by atoms with Crippen LogP contribution in [0.1, 0.15) is 0 Å². The maximum Gasteiger partial charge on any atom is 0.244 e. The van der Waals surface area contributed by atoms with Gasteiger partial charge >= 0.3 is 0 Å². The third-order valence-corrected chi connectivity index (χ3v) is 1.81. The second kappa shape index (κ2) is 3.88. The second-order valence-corrected chi connectivity index (χ2v) is 2.76. The smallest absolute Gasteiger partial charge is 0.244 e. The van der Waals surface area contributed by atoms with Crippen molar-refractivity contribution in [3.8, 4) is 0 Å². The summed E-state index contributed by atoms with van der Waals surface area (Å²) in [5.41, 5.74) is 8.06. The average Bonchev–Trinajstić information content (AvgIpc) is 2.02. The van der Waals surface area contributed by atoms with Gasteiger partial charge in [-0.25, -0.2) is 0 Å². The minimum atomic E-state index is -0.534. The van der Waals surface area contributed by atoms with Crippen molar-refractivity contribution in [3.05, 3.63) is 10.4 Å². The minimum Gasteiger partial charge on any atom is -0.294 e. The summed E-state index contributed by atoms with van der Waals surface area (Å²) in [6.07, 6.45) is 0. The molecule has 0 aromatic heterocycles. The molecule has 0 aliphatic carbocycles. The summed E-state index contributed by atoms with van der Waals surface area (Å²) in [5, 5.41) is 5.45. The summed E-state index contributed by atoms with van der Waals surface area (Å²) in [4.78, 5) is 26.1. The first kappa shape index (κ1) is 9.50. The molecule has 0 saturated carbocycles. The van der Waals surface area contributed by atoms with E-state index >= 15 is 0 Å². The first-order valence-electron chi connectivity index (χ1n) is 3.70. The number of nitrogens with one attached hydrogen (secondary N) is 1. The molecule has 0 bridgehead atoms. The van der Waals surface area contributed by atoms with Gasteiger partial charge in [0.05, 0.1) is 19.1 Å². The minimum absolute atomic E-state index is 0.0477. The monoisotopic (exact) mass is 183 g/mol. The first-order valence-corrected chi connectivity index (χ1v) is 3.70. The molecule has 0 aromatic rings. The average molecular weight is 183 g/mol. The van der Waals surface area contributed by atoms with Gasteiger partial charge in [-0.05, 0) is 12.6 Å². The van der Waals surface area contributed by atoms with Crippen LogP contribution in [0.2, 0.25) is 0 Å². The molecule has 2 amide bonds. The van der Waals surface area contributed by atoms with Gasteiger partial charge < -0.3 is 0 Å². The SMILES string of the molecule is CN1CC(=O)NC(=O)C1CN=[N+]=[N-]. The van der Waals surface area contributed by atoms with Crippen molar-refractivity contribution in [2.45, 2.75) is 6.04 Å². The van der Waals surface area contributed by atoms with Crippen LogP contribution in [0.15, 0.2) is 5.11 Å². The molecule has 1 aliphatic heterocycles. The Labute approximate surface area is 74.3 Å². The van der Waals surface area contributed by atoms with Gasteiger partial charge in [0.1, 0.15) is 0 Å². The van der Waals surface area contributed by atoms with Crippen molar-refractivity contribution in [2.75, 3.05) is 20.1 Å². The highest BCUT2D eigenvalue weighted by Crippen LogP contribution is 2.02. The van der Waals surface area contributed by atoms with Crippen molar-refractivity contribution >= 4 is 11.8 Å². The number of carbonyl (C=O) groups is 2. The maximum absolute atomic E-state index is 11.2. The summed E-state index contributed by atoms with van der Waals surface area (Å²) in [7, 11) is 1.63. The summed E-state index contributed by atoms with van der Waals surface area (Å²) in [6.45, 7) is 0.198. The predicted molar refractivity (Wildman–Crippen MR) is 43.6 cm³/mol. The standard InChI is InChI=1S/C6H9N5O2/c1-11-3-5(12)9-6(13)4(11)2-8-10-7/h4H,2-3H2,1H3,(H,9,12,13). The highest BCUT2D eigenvalue weighted by molar-refractivity contribution is 6.01. The number of likely N-dealkylation sites (N-methyl/N-ethyl adjacent to an activating group) is 1. The molecule has 1 unspecified atom stereocenters. The van der Waals surface area contributed by atoms with E-state index in [0.717, 1.165) is 0 Å². The zero-order valence-electron chi connectivity index (χ0n) is 7.10. The van der Waals surface area contributed by atoms with E-state index in [2.05, 4.69) is 15.3 Å². The molecule has 0 spiro atoms. The molecular weight excluding hydrogens is 174 g/mol. The third-order valence-electron chi connectivity index (χ3n) is 1.81. The number of nitrogens with zero attached hydrogens (tertiary/aromatic N) is 4. The maximum atomic E-state index is 11.2. The summed E-state index contributed by atoms with van der Waals surface area (Å²) >= 11 is 0. The Morgan fingerprint density at radius 1 is 1.77 bits per heavy atom. The highest BCUT2D eigenvalue weighted by Gasteiger charge is 2.30. The predicted octanol–water partition coefficient (Wildman–Crippen LogP) is -0.746. The van der Waals surface area contributed by atoms with Crippen LogP contribution in [0.5, 0.6) is 0 Å². The number of piperazine rings is 1. The topological polar surface area (TPSA) is 98.2 Å². The molecule has 0 aromatic carbocycles. The Morgan fingerprint density at radius 2 is 2.46 bits per heavy atom. The van der Waals surface area contributed by atoms with Crippen LogP contribution in [0.3, 0.4) is 0 Å². The summed E-state index contributed by atoms with van der Waals surface area (Å²) < 4.78 is 0. The third kappa shape index (κ3) is 2.17. The van der Waals surface area contributed by atoms with E-state index in [1.54, 1.807) is 11.9 Å². The van der Waals surface area contributed by atoms with Gasteiger partial charge in [-0.3, -0.25) is 19.8 Å². The Balaban J connectivity index is 2.66. The van der Waals surface area contributed by atoms with Crippen LogP contribution in [-0.4, -0.2) is 42.9 Å². The number of azide groups is 1. The molecule has 7 nitrogen and oxygen atoms in total. The number of rotatable bonds is 2. The molecule has 70 valence electrons. The lowest BCUT2D eigenvalue weighted by Crippen LogP contribution is -2.57. The Morgan fingerprint density at radius 3 is 3.00 bits per heavy atom. The van der Waals surface area contributed by atoms with Crippen molar-refractivity contribution in [1.82, 2.24) is 10.2 Å². The molecule has 1 heterocycles. The van der Waals surface area contributed by atoms with E-state index in [1.807, 2.05) is 0 Å². The van der Waals surface area contributed by atoms with Crippen LogP contribution in [0.4, 0.5) is 0 Å². The number of carbonyl (C=O) groups excluding carboxylic acids is 2. The van der Waals surface area contributed by atoms with Crippen molar-refractivity contribution in [2.24, 2.45) is 5.11 Å². The fourth-order valence-electron chi connectivity index (χ4n) is 1.13. The lowest BCUT2D eigenvalue weighted by Gasteiger charge is -2.29. The lowest BCUT2D eigenvalue weighted by molar-refractivity contribution is -0.138. The van der Waals surface area contributed by atoms with Gasteiger partial charge in [0.15, 0.2) is 0 Å². The summed E-state index contributed by atoms with van der Waals surface area (Å²) in [6, 6.07) is -0.534. The van der Waals surface area contributed by atoms with Gasteiger partial charge in [0.25, 0.3) is 0 Å². The van der Waals surface area contributed by atoms with E-state index in [4.69, 9.17) is 5.53 Å². The van der Waals surface area contributed by atoms with Crippen LogP contribution < -0.4 is 5.32 Å². The van der Waals surface area contributed by atoms with Gasteiger partial charge in [0, 0.05) is 4.91 Å². The molecule has 1 saturated heterocycles. The Hall–Kier alpha value is -1.59. The van der Waals surface area contributed by atoms with E-state index in [9.17, 15) is 9.59 Å². The van der Waals surface area contributed by atoms with Gasteiger partial charge in [-0.15, -0.1) is 0 Å². The molecule has 0 radical (unpaired) electrons. The molecule has 1 atom stereocenters. The van der Waals surface area contributed by atoms with Crippen molar-refractivity contribution < 1.29 is 9.59 Å². The number of hydrogen-bond acceptors (Lipinski definition) is 4. The van der Waals surface area contributed by atoms with E-state index in [1.165, 1.54) is 0 Å². The highest BCUT2D eigenvalue weighted by atomic mass is 16.2. The lowest BCUT2D eigenvalue weighted by atomic mass is 10.2. The number of hydrogen-bond donors (Lipinski definition) is 1. The molecular formula is C6H9N5O2. The molecule has 1 N–H and O–H groups in total. The Kier molecular flexibility index (Phi) is 2.84. The van der Waals surface area contributed by atoms with E-state index in [0.29, 0.717) is 0 Å². The van der Waals surface area contributed by atoms with Crippen molar-refractivity contribution in [3.63, 3.8) is 0 Å². The number of imide groups is 1. The summed E-state index contributed by atoms with van der Waals surface area (Å²) in [5.74, 6) is -0.740. The second-order valence-electron chi connectivity index (χ2n) is 2.76. The van der Waals surface area contributed by atoms with E-state index < -0.39 is 11.9 Å². The van der Waals surface area contributed by atoms with Crippen LogP contribution in [0, 0.1) is 0 Å². The van der Waals surface area contributed by atoms with Gasteiger partial charge in [0.2, 0.25) is 11.8 Å². The van der Waals surface area contributed by atoms with Crippen molar-refractivity contribution in [1.29, 1.82) is 0 Å². The quantitative estimate of drug-likeness (QED) is 0.264. The van der Waals surface area contributed by atoms with Crippen LogP contribution >= 0.6 is 0 Å². The van der Waals surface area contributed by atoms with E-state index in [-0.39, 0.29) is 19.0 Å². The number of amides is 2. The van der Waals surface area contributed by atoms with Gasteiger partial charge in [-0.2, -0.15) is 0 Å². The zero-order valence-corrected chi connectivity index (χ0v) is 7.10. The van der Waals surface area contributed by atoms with Crippen LogP contribution in [0.25, 0.3) is 10.4 Å². The molecule has 13 heavy (non-hydrogen) atoms. The fraction of sp³-hybridized carbons (Fsp3) is 0.667. The van der Waals surface area contributed by atoms with Gasteiger partial charge in [-0.1, -0.05) is 5.11 Å².